The average Bonchev–Trinajstić information content (AvgIpc) is 3.01. The van der Waals surface area contributed by atoms with Gasteiger partial charge in [0.2, 0.25) is 11.8 Å². The minimum Gasteiger partial charge on any atom is -0.352 e. The minimum absolute atomic E-state index is 0.0317. The highest BCUT2D eigenvalue weighted by molar-refractivity contribution is 6.05. The van der Waals surface area contributed by atoms with Crippen molar-refractivity contribution in [2.75, 3.05) is 25.0 Å². The third-order valence-corrected chi connectivity index (χ3v) is 4.61. The molecule has 1 unspecified atom stereocenters. The van der Waals surface area contributed by atoms with E-state index in [4.69, 9.17) is 0 Å². The van der Waals surface area contributed by atoms with E-state index in [1.807, 2.05) is 0 Å². The van der Waals surface area contributed by atoms with E-state index in [-0.39, 0.29) is 30.1 Å². The van der Waals surface area contributed by atoms with Crippen LogP contribution in [0.5, 0.6) is 0 Å². The Kier molecular flexibility index (Phi) is 7.63. The molecule has 0 aromatic heterocycles. The monoisotopic (exact) mass is 359 g/mol. The smallest absolute Gasteiger partial charge is 0.253 e. The summed E-state index contributed by atoms with van der Waals surface area (Å²) in [6.45, 7) is 5.91. The van der Waals surface area contributed by atoms with E-state index in [0.717, 1.165) is 25.7 Å². The first-order chi connectivity index (χ1) is 12.6. The van der Waals surface area contributed by atoms with Crippen LogP contribution < -0.4 is 10.6 Å². The average molecular weight is 359 g/mol. The highest BCUT2D eigenvalue weighted by Gasteiger charge is 2.34. The molecule has 26 heavy (non-hydrogen) atoms. The predicted molar refractivity (Wildman–Crippen MR) is 102 cm³/mol. The van der Waals surface area contributed by atoms with Crippen LogP contribution in [-0.4, -0.2) is 42.3 Å². The molecular weight excluding hydrogens is 330 g/mol. The van der Waals surface area contributed by atoms with Crippen LogP contribution >= 0.6 is 0 Å². The topological polar surface area (TPSA) is 78.5 Å². The number of carbonyl (C=O) groups excluding carboxylic acids is 3. The van der Waals surface area contributed by atoms with Crippen LogP contribution in [0, 0.1) is 5.92 Å². The molecule has 0 spiro atoms. The van der Waals surface area contributed by atoms with Crippen molar-refractivity contribution in [2.45, 2.75) is 46.0 Å². The van der Waals surface area contributed by atoms with Gasteiger partial charge in [-0.3, -0.25) is 14.4 Å². The van der Waals surface area contributed by atoms with E-state index in [2.05, 4.69) is 24.5 Å². The largest absolute Gasteiger partial charge is 0.352 e. The van der Waals surface area contributed by atoms with Crippen LogP contribution in [0.2, 0.25) is 0 Å². The lowest BCUT2D eigenvalue weighted by Gasteiger charge is -2.16. The molecule has 6 heteroatoms. The molecule has 3 amide bonds. The van der Waals surface area contributed by atoms with E-state index in [9.17, 15) is 14.4 Å². The number of anilines is 1. The van der Waals surface area contributed by atoms with Gasteiger partial charge in [-0.15, -0.1) is 0 Å². The Morgan fingerprint density at radius 1 is 1.15 bits per heavy atom. The molecule has 142 valence electrons. The van der Waals surface area contributed by atoms with Gasteiger partial charge >= 0.3 is 0 Å². The maximum absolute atomic E-state index is 12.6. The highest BCUT2D eigenvalue weighted by atomic mass is 16.2. The number of hydrogen-bond donors (Lipinski definition) is 2. The van der Waals surface area contributed by atoms with Crippen LogP contribution in [0.3, 0.4) is 0 Å². The quantitative estimate of drug-likeness (QED) is 0.666. The first-order valence-electron chi connectivity index (χ1n) is 9.52. The molecule has 6 nitrogen and oxygen atoms in total. The Morgan fingerprint density at radius 2 is 1.88 bits per heavy atom. The lowest BCUT2D eigenvalue weighted by atomic mass is 10.1. The third-order valence-electron chi connectivity index (χ3n) is 4.61. The van der Waals surface area contributed by atoms with E-state index < -0.39 is 0 Å². The molecule has 0 aliphatic carbocycles. The fourth-order valence-corrected chi connectivity index (χ4v) is 3.01. The molecule has 0 radical (unpaired) electrons. The molecule has 1 aromatic rings. The van der Waals surface area contributed by atoms with Gasteiger partial charge in [0.05, 0.1) is 17.2 Å². The van der Waals surface area contributed by atoms with Crippen molar-refractivity contribution in [3.63, 3.8) is 0 Å². The van der Waals surface area contributed by atoms with Crippen LogP contribution in [0.15, 0.2) is 24.3 Å². The zero-order chi connectivity index (χ0) is 18.9. The van der Waals surface area contributed by atoms with E-state index >= 15 is 0 Å². The fraction of sp³-hybridized carbons (Fsp3) is 0.550. The van der Waals surface area contributed by atoms with E-state index in [1.54, 1.807) is 29.2 Å². The van der Waals surface area contributed by atoms with Crippen LogP contribution in [0.1, 0.15) is 56.3 Å². The molecule has 1 heterocycles. The summed E-state index contributed by atoms with van der Waals surface area (Å²) < 4.78 is 0. The second-order valence-electron chi connectivity index (χ2n) is 6.74. The number of amides is 3. The number of rotatable bonds is 9. The Bertz CT molecular complexity index is 645. The minimum atomic E-state index is -0.365. The fourth-order valence-electron chi connectivity index (χ4n) is 3.01. The number of benzene rings is 1. The predicted octanol–water partition coefficient (Wildman–Crippen LogP) is 2.80. The zero-order valence-electron chi connectivity index (χ0n) is 15.7. The molecule has 1 atom stereocenters. The highest BCUT2D eigenvalue weighted by Crippen LogP contribution is 2.22. The molecular formula is C20H29N3O3. The Hall–Kier alpha value is -2.37. The number of carbonyl (C=O) groups is 3. The molecule has 0 bridgehead atoms. The summed E-state index contributed by atoms with van der Waals surface area (Å²) >= 11 is 0. The third kappa shape index (κ3) is 5.31. The van der Waals surface area contributed by atoms with Crippen molar-refractivity contribution in [3.05, 3.63) is 29.8 Å². The number of hydrogen-bond acceptors (Lipinski definition) is 3. The summed E-state index contributed by atoms with van der Waals surface area (Å²) in [7, 11) is 0. The van der Waals surface area contributed by atoms with Crippen LogP contribution in [0.25, 0.3) is 0 Å². The number of nitrogens with one attached hydrogen (secondary N) is 2. The summed E-state index contributed by atoms with van der Waals surface area (Å²) in [4.78, 5) is 38.7. The van der Waals surface area contributed by atoms with Crippen molar-refractivity contribution in [1.29, 1.82) is 0 Å². The van der Waals surface area contributed by atoms with Gasteiger partial charge in [-0.2, -0.15) is 0 Å². The van der Waals surface area contributed by atoms with Gasteiger partial charge in [0.25, 0.3) is 5.91 Å². The maximum atomic E-state index is 12.6. The molecule has 1 aliphatic rings. The first kappa shape index (κ1) is 19.9. The van der Waals surface area contributed by atoms with Crippen molar-refractivity contribution in [2.24, 2.45) is 5.92 Å². The number of para-hydroxylation sites is 1. The molecule has 1 fully saturated rings. The van der Waals surface area contributed by atoms with Crippen LogP contribution in [0.4, 0.5) is 5.69 Å². The molecule has 1 saturated heterocycles. The van der Waals surface area contributed by atoms with Crippen molar-refractivity contribution < 1.29 is 14.4 Å². The van der Waals surface area contributed by atoms with Crippen molar-refractivity contribution >= 4 is 23.4 Å². The molecule has 0 saturated carbocycles. The van der Waals surface area contributed by atoms with Gasteiger partial charge < -0.3 is 15.5 Å². The van der Waals surface area contributed by atoms with Gasteiger partial charge in [-0.1, -0.05) is 38.8 Å². The van der Waals surface area contributed by atoms with Crippen molar-refractivity contribution in [1.82, 2.24) is 10.2 Å². The summed E-state index contributed by atoms with van der Waals surface area (Å²) in [6, 6.07) is 6.98. The summed E-state index contributed by atoms with van der Waals surface area (Å²) in [6.07, 6.45) is 4.11. The van der Waals surface area contributed by atoms with Gasteiger partial charge in [-0.25, -0.2) is 0 Å². The van der Waals surface area contributed by atoms with Gasteiger partial charge in [0.15, 0.2) is 0 Å². The first-order valence-corrected chi connectivity index (χ1v) is 9.52. The lowest BCUT2D eigenvalue weighted by molar-refractivity contribution is -0.128. The summed E-state index contributed by atoms with van der Waals surface area (Å²) in [5, 5.41) is 5.71. The van der Waals surface area contributed by atoms with Gasteiger partial charge in [0.1, 0.15) is 0 Å². The van der Waals surface area contributed by atoms with Gasteiger partial charge in [-0.05, 0) is 25.0 Å². The molecule has 1 aliphatic heterocycles. The van der Waals surface area contributed by atoms with Crippen LogP contribution in [-0.2, 0) is 9.59 Å². The molecule has 2 rings (SSSR count). The molecule has 1 aromatic carbocycles. The summed E-state index contributed by atoms with van der Waals surface area (Å²) in [5.41, 5.74) is 0.940. The summed E-state index contributed by atoms with van der Waals surface area (Å²) in [5.74, 6) is -0.729. The standard InChI is InChI=1S/C20H29N3O3/c1-3-5-11-21-20(26)16-9-7-8-10-17(16)22-19(25)15-13-18(24)23(14-15)12-6-4-2/h7-10,15H,3-6,11-14H2,1-2H3,(H,21,26)(H,22,25). The van der Waals surface area contributed by atoms with Gasteiger partial charge in [0, 0.05) is 26.1 Å². The van der Waals surface area contributed by atoms with E-state index in [1.165, 1.54) is 0 Å². The van der Waals surface area contributed by atoms with E-state index in [0.29, 0.717) is 30.9 Å². The Labute approximate surface area is 155 Å². The zero-order valence-corrected chi connectivity index (χ0v) is 15.7. The molecule has 2 N–H and O–H groups in total. The second kappa shape index (κ2) is 9.94. The Balaban J connectivity index is 1.99. The van der Waals surface area contributed by atoms with Crippen molar-refractivity contribution in [3.8, 4) is 0 Å². The maximum Gasteiger partial charge on any atom is 0.253 e. The number of nitrogens with zero attached hydrogens (tertiary/aromatic N) is 1. The lowest BCUT2D eigenvalue weighted by Crippen LogP contribution is -2.30. The SMILES string of the molecule is CCCCNC(=O)c1ccccc1NC(=O)C1CC(=O)N(CCCC)C1. The number of unbranched alkanes of at least 4 members (excludes halogenated alkanes) is 2. The Morgan fingerprint density at radius 3 is 2.62 bits per heavy atom. The number of likely N-dealkylation sites (tertiary alicyclic amines) is 1. The normalized spacial score (nSPS) is 16.6. The second-order valence-corrected chi connectivity index (χ2v) is 6.74.